The van der Waals surface area contributed by atoms with Crippen molar-refractivity contribution in [3.63, 3.8) is 0 Å². The average molecular weight is 338 g/mol. The Balaban J connectivity index is 3.05. The van der Waals surface area contributed by atoms with Crippen LogP contribution < -0.4 is 0 Å². The van der Waals surface area contributed by atoms with E-state index < -0.39 is 0 Å². The Morgan fingerprint density at radius 2 is 2.21 bits per heavy atom. The normalized spacial score (nSPS) is 12.6. The summed E-state index contributed by atoms with van der Waals surface area (Å²) in [5, 5.41) is 0.799. The highest BCUT2D eigenvalue weighted by Gasteiger charge is 2.15. The van der Waals surface area contributed by atoms with Gasteiger partial charge in [0.25, 0.3) is 0 Å². The average Bonchev–Trinajstić information content (AvgIpc) is 2.16. The minimum atomic E-state index is -0.251. The van der Waals surface area contributed by atoms with Crippen molar-refractivity contribution in [3.8, 4) is 0 Å². The quantitative estimate of drug-likeness (QED) is 0.654. The maximum absolute atomic E-state index is 11.2. The monoisotopic (exact) mass is 336 g/mol. The molecular formula is C10H10Br2OS. The molecule has 0 aliphatic carbocycles. The number of rotatable bonds is 3. The molecule has 1 rings (SSSR count). The fraction of sp³-hybridized carbons (Fsp3) is 0.300. The van der Waals surface area contributed by atoms with Crippen molar-refractivity contribution in [2.24, 2.45) is 0 Å². The zero-order chi connectivity index (χ0) is 10.7. The lowest BCUT2D eigenvalue weighted by molar-refractivity contribution is -0.116. The van der Waals surface area contributed by atoms with Crippen LogP contribution in [0.3, 0.4) is 0 Å². The Kier molecular flexibility index (Phi) is 4.67. The van der Waals surface area contributed by atoms with Crippen LogP contribution in [0, 0.1) is 0 Å². The van der Waals surface area contributed by atoms with Gasteiger partial charge in [-0.25, -0.2) is 0 Å². The molecule has 1 atom stereocenters. The first-order chi connectivity index (χ1) is 6.56. The molecule has 14 heavy (non-hydrogen) atoms. The molecule has 0 saturated carbocycles. The van der Waals surface area contributed by atoms with Crippen molar-refractivity contribution in [2.75, 3.05) is 0 Å². The molecule has 0 aliphatic rings. The zero-order valence-corrected chi connectivity index (χ0v) is 11.7. The van der Waals surface area contributed by atoms with Crippen LogP contribution in [0.1, 0.15) is 22.9 Å². The van der Waals surface area contributed by atoms with Gasteiger partial charge < -0.3 is 0 Å². The molecule has 4 heteroatoms. The minimum absolute atomic E-state index is 0.0897. The van der Waals surface area contributed by atoms with Crippen molar-refractivity contribution < 1.29 is 4.79 Å². The Morgan fingerprint density at radius 3 is 2.64 bits per heavy atom. The van der Waals surface area contributed by atoms with Crippen LogP contribution in [-0.4, -0.2) is 5.78 Å². The van der Waals surface area contributed by atoms with Gasteiger partial charge in [0.1, 0.15) is 5.78 Å². The number of alkyl halides is 2. The first-order valence-electron chi connectivity index (χ1n) is 4.08. The van der Waals surface area contributed by atoms with Crippen molar-refractivity contribution in [2.45, 2.75) is 22.0 Å². The summed E-state index contributed by atoms with van der Waals surface area (Å²) in [5.41, 5.74) is 2.08. The molecule has 0 bridgehead atoms. The van der Waals surface area contributed by atoms with Gasteiger partial charge in [-0.05, 0) is 24.1 Å². The zero-order valence-electron chi connectivity index (χ0n) is 7.63. The standard InChI is InChI=1S/C10H10Br2OS/c1-6(13)10(12)8-3-2-7(5-11)4-9(8)14/h2-4,10,14H,5H2,1H3. The topological polar surface area (TPSA) is 17.1 Å². The smallest absolute Gasteiger partial charge is 0.147 e. The Morgan fingerprint density at radius 1 is 1.57 bits per heavy atom. The molecule has 0 fully saturated rings. The molecule has 0 aromatic heterocycles. The van der Waals surface area contributed by atoms with Crippen LogP contribution in [0.25, 0.3) is 0 Å². The van der Waals surface area contributed by atoms with E-state index in [2.05, 4.69) is 44.5 Å². The second-order valence-corrected chi connectivity index (χ2v) is 4.96. The maximum Gasteiger partial charge on any atom is 0.147 e. The summed E-state index contributed by atoms with van der Waals surface area (Å²) in [6.45, 7) is 1.56. The lowest BCUT2D eigenvalue weighted by atomic mass is 10.1. The Labute approximate surface area is 106 Å². The van der Waals surface area contributed by atoms with Gasteiger partial charge in [0.05, 0.1) is 4.83 Å². The number of thiol groups is 1. The molecule has 1 aromatic carbocycles. The number of carbonyl (C=O) groups excluding carboxylic acids is 1. The third-order valence-corrected chi connectivity index (χ3v) is 4.05. The van der Waals surface area contributed by atoms with Gasteiger partial charge in [-0.2, -0.15) is 0 Å². The largest absolute Gasteiger partial charge is 0.298 e. The molecule has 1 aromatic rings. The van der Waals surface area contributed by atoms with Gasteiger partial charge in [0.2, 0.25) is 0 Å². The van der Waals surface area contributed by atoms with Crippen molar-refractivity contribution in [3.05, 3.63) is 29.3 Å². The van der Waals surface area contributed by atoms with E-state index in [0.717, 1.165) is 21.4 Å². The van der Waals surface area contributed by atoms with E-state index in [4.69, 9.17) is 0 Å². The van der Waals surface area contributed by atoms with Crippen LogP contribution in [0.4, 0.5) is 0 Å². The van der Waals surface area contributed by atoms with Gasteiger partial charge in [0.15, 0.2) is 0 Å². The number of carbonyl (C=O) groups is 1. The van der Waals surface area contributed by atoms with Crippen LogP contribution in [0.5, 0.6) is 0 Å². The van der Waals surface area contributed by atoms with E-state index >= 15 is 0 Å². The molecule has 0 amide bonds. The number of Topliss-reactive ketones (excluding diaryl/α,β-unsaturated/α-hetero) is 1. The van der Waals surface area contributed by atoms with E-state index in [1.165, 1.54) is 0 Å². The van der Waals surface area contributed by atoms with Gasteiger partial charge >= 0.3 is 0 Å². The van der Waals surface area contributed by atoms with Crippen molar-refractivity contribution in [1.29, 1.82) is 0 Å². The molecule has 1 nitrogen and oxygen atoms in total. The SMILES string of the molecule is CC(=O)C(Br)c1ccc(CBr)cc1S. The van der Waals surface area contributed by atoms with Gasteiger partial charge in [0, 0.05) is 10.2 Å². The third-order valence-electron chi connectivity index (χ3n) is 1.88. The summed E-state index contributed by atoms with van der Waals surface area (Å²) in [6, 6.07) is 5.88. The van der Waals surface area contributed by atoms with Gasteiger partial charge in [-0.3, -0.25) is 4.79 Å². The number of hydrogen-bond acceptors (Lipinski definition) is 2. The Bertz CT molecular complexity index is 352. The molecule has 0 saturated heterocycles. The summed E-state index contributed by atoms with van der Waals surface area (Å²) in [5.74, 6) is 0.0897. The molecule has 0 N–H and O–H groups in total. The summed E-state index contributed by atoms with van der Waals surface area (Å²) in [7, 11) is 0. The highest BCUT2D eigenvalue weighted by molar-refractivity contribution is 9.09. The van der Waals surface area contributed by atoms with Gasteiger partial charge in [-0.15, -0.1) is 12.6 Å². The van der Waals surface area contributed by atoms with E-state index in [-0.39, 0.29) is 10.6 Å². The lowest BCUT2D eigenvalue weighted by Crippen LogP contribution is -2.02. The molecule has 0 heterocycles. The predicted molar refractivity (Wildman–Crippen MR) is 68.7 cm³/mol. The van der Waals surface area contributed by atoms with E-state index in [0.29, 0.717) is 0 Å². The number of ketones is 1. The molecule has 0 spiro atoms. The minimum Gasteiger partial charge on any atom is -0.298 e. The molecule has 76 valence electrons. The van der Waals surface area contributed by atoms with Crippen LogP contribution in [0.15, 0.2) is 23.1 Å². The molecule has 0 radical (unpaired) electrons. The molecular weight excluding hydrogens is 328 g/mol. The summed E-state index contributed by atoms with van der Waals surface area (Å²) >= 11 is 11.1. The highest BCUT2D eigenvalue weighted by Crippen LogP contribution is 2.30. The number of hydrogen-bond donors (Lipinski definition) is 1. The Hall–Kier alpha value is 0.200. The fourth-order valence-electron chi connectivity index (χ4n) is 1.11. The van der Waals surface area contributed by atoms with Crippen molar-refractivity contribution in [1.82, 2.24) is 0 Å². The number of halogens is 2. The molecule has 1 unspecified atom stereocenters. The van der Waals surface area contributed by atoms with Crippen LogP contribution in [-0.2, 0) is 10.1 Å². The summed E-state index contributed by atoms with van der Waals surface area (Å²) in [6.07, 6.45) is 0. The second-order valence-electron chi connectivity index (χ2n) is 3.00. The lowest BCUT2D eigenvalue weighted by Gasteiger charge is -2.10. The molecule has 0 aliphatic heterocycles. The maximum atomic E-state index is 11.2. The third kappa shape index (κ3) is 2.84. The van der Waals surface area contributed by atoms with E-state index in [1.807, 2.05) is 18.2 Å². The summed E-state index contributed by atoms with van der Waals surface area (Å²) in [4.78, 5) is 11.8. The van der Waals surface area contributed by atoms with Crippen molar-refractivity contribution >= 4 is 50.3 Å². The number of benzene rings is 1. The van der Waals surface area contributed by atoms with Crippen LogP contribution >= 0.6 is 44.5 Å². The summed E-state index contributed by atoms with van der Waals surface area (Å²) < 4.78 is 0. The van der Waals surface area contributed by atoms with Crippen LogP contribution in [0.2, 0.25) is 0 Å². The predicted octanol–water partition coefficient (Wildman–Crippen LogP) is 3.90. The van der Waals surface area contributed by atoms with Gasteiger partial charge in [-0.1, -0.05) is 44.0 Å². The first-order valence-corrected chi connectivity index (χ1v) is 6.57. The fourth-order valence-corrected chi connectivity index (χ4v) is 2.40. The van der Waals surface area contributed by atoms with E-state index in [1.54, 1.807) is 6.92 Å². The highest BCUT2D eigenvalue weighted by atomic mass is 79.9. The first kappa shape index (κ1) is 12.3. The second kappa shape index (κ2) is 5.33. The van der Waals surface area contributed by atoms with E-state index in [9.17, 15) is 4.79 Å².